The van der Waals surface area contributed by atoms with Gasteiger partial charge in [-0.2, -0.15) is 0 Å². The van der Waals surface area contributed by atoms with Gasteiger partial charge in [0.25, 0.3) is 0 Å². The van der Waals surface area contributed by atoms with Crippen LogP contribution in [0.25, 0.3) is 34.2 Å². The highest BCUT2D eigenvalue weighted by molar-refractivity contribution is 9.10. The van der Waals surface area contributed by atoms with Gasteiger partial charge < -0.3 is 14.5 Å². The maximum absolute atomic E-state index is 12.7. The van der Waals surface area contributed by atoms with Crippen molar-refractivity contribution in [1.29, 1.82) is 0 Å². The fourth-order valence-corrected chi connectivity index (χ4v) is 4.84. The van der Waals surface area contributed by atoms with Crippen LogP contribution in [0, 0.1) is 0 Å². The molecule has 1 aliphatic heterocycles. The van der Waals surface area contributed by atoms with Gasteiger partial charge in [-0.3, -0.25) is 4.57 Å². The average Bonchev–Trinajstić information content (AvgIpc) is 3.62. The number of halogens is 1. The van der Waals surface area contributed by atoms with Crippen molar-refractivity contribution in [2.24, 2.45) is 0 Å². The highest BCUT2D eigenvalue weighted by Crippen LogP contribution is 2.43. The van der Waals surface area contributed by atoms with E-state index in [0.717, 1.165) is 38.6 Å². The normalized spacial score (nSPS) is 14.5. The number of imidazole rings is 2. The van der Waals surface area contributed by atoms with Crippen LogP contribution in [0.1, 0.15) is 32.6 Å². The third-order valence-corrected chi connectivity index (χ3v) is 6.59. The lowest BCUT2D eigenvalue weighted by Gasteiger charge is -2.29. The molecule has 0 aliphatic carbocycles. The molecule has 0 amide bonds. The lowest BCUT2D eigenvalue weighted by molar-refractivity contribution is 0.0540. The molecule has 0 saturated heterocycles. The largest absolute Gasteiger partial charge is 0.465 e. The second-order valence-electron chi connectivity index (χ2n) is 9.76. The van der Waals surface area contributed by atoms with E-state index >= 15 is 0 Å². The van der Waals surface area contributed by atoms with Gasteiger partial charge in [-0.1, -0.05) is 36.4 Å². The molecule has 0 fully saturated rings. The number of hydrogen-bond donors (Lipinski definition) is 1. The van der Waals surface area contributed by atoms with Gasteiger partial charge in [-0.25, -0.2) is 19.3 Å². The Kier molecular flexibility index (Phi) is 5.52. The van der Waals surface area contributed by atoms with Crippen LogP contribution in [0.15, 0.2) is 83.9 Å². The lowest BCUT2D eigenvalue weighted by atomic mass is 10.1. The fraction of sp³-hybridized carbons (Fsp3) is 0.179. The number of carbonyl (C=O) groups is 1. The van der Waals surface area contributed by atoms with Crippen molar-refractivity contribution in [1.82, 2.24) is 24.1 Å². The van der Waals surface area contributed by atoms with Crippen LogP contribution >= 0.6 is 15.9 Å². The molecule has 186 valence electrons. The first-order valence-electron chi connectivity index (χ1n) is 11.8. The van der Waals surface area contributed by atoms with Crippen molar-refractivity contribution in [3.8, 4) is 39.9 Å². The summed E-state index contributed by atoms with van der Waals surface area (Å²) in [6, 6.07) is 19.7. The molecule has 0 radical (unpaired) electrons. The summed E-state index contributed by atoms with van der Waals surface area (Å²) in [5.41, 5.74) is 3.64. The fourth-order valence-electron chi connectivity index (χ4n) is 4.38. The number of carbonyl (C=O) groups excluding carboxylic acids is 1. The summed E-state index contributed by atoms with van der Waals surface area (Å²) in [4.78, 5) is 25.2. The van der Waals surface area contributed by atoms with Gasteiger partial charge in [0.15, 0.2) is 5.82 Å². The van der Waals surface area contributed by atoms with Crippen molar-refractivity contribution < 1.29 is 14.3 Å². The van der Waals surface area contributed by atoms with Crippen molar-refractivity contribution in [2.45, 2.75) is 32.6 Å². The molecular weight excluding hydrogens is 534 g/mol. The number of rotatable bonds is 3. The Morgan fingerprint density at radius 2 is 1.86 bits per heavy atom. The second-order valence-corrected chi connectivity index (χ2v) is 10.6. The van der Waals surface area contributed by atoms with E-state index in [1.165, 1.54) is 4.57 Å². The van der Waals surface area contributed by atoms with Gasteiger partial charge in [-0.15, -0.1) is 0 Å². The lowest BCUT2D eigenvalue weighted by Crippen LogP contribution is -2.27. The van der Waals surface area contributed by atoms with Crippen LogP contribution in [-0.4, -0.2) is 35.8 Å². The van der Waals surface area contributed by atoms with Crippen molar-refractivity contribution in [3.63, 3.8) is 0 Å². The van der Waals surface area contributed by atoms with Crippen molar-refractivity contribution >= 4 is 22.0 Å². The minimum absolute atomic E-state index is 0.356. The molecule has 1 atom stereocenters. The minimum Gasteiger partial charge on any atom is -0.465 e. The highest BCUT2D eigenvalue weighted by atomic mass is 79.9. The van der Waals surface area contributed by atoms with E-state index in [-0.39, 0.29) is 6.23 Å². The second kappa shape index (κ2) is 8.77. The van der Waals surface area contributed by atoms with Crippen LogP contribution in [0.5, 0.6) is 5.75 Å². The van der Waals surface area contributed by atoms with E-state index < -0.39 is 11.7 Å². The number of nitrogens with one attached hydrogen (secondary N) is 1. The van der Waals surface area contributed by atoms with E-state index in [2.05, 4.69) is 30.9 Å². The Morgan fingerprint density at radius 1 is 1.05 bits per heavy atom. The number of fused-ring (bicyclic) bond motifs is 3. The van der Waals surface area contributed by atoms with Crippen LogP contribution < -0.4 is 4.74 Å². The Hall–Kier alpha value is -4.11. The molecular formula is C28H24BrN5O3. The summed E-state index contributed by atoms with van der Waals surface area (Å²) in [6.45, 7) is 5.51. The summed E-state index contributed by atoms with van der Waals surface area (Å²) < 4.78 is 16.4. The van der Waals surface area contributed by atoms with Gasteiger partial charge in [0.2, 0.25) is 6.23 Å². The summed E-state index contributed by atoms with van der Waals surface area (Å²) in [5, 5.41) is 0. The van der Waals surface area contributed by atoms with E-state index in [0.29, 0.717) is 11.5 Å². The molecule has 0 unspecified atom stereocenters. The number of hydrogen-bond acceptors (Lipinski definition) is 5. The number of aromatic amines is 1. The molecule has 4 heterocycles. The summed E-state index contributed by atoms with van der Waals surface area (Å²) in [5.74, 6) is 2.12. The zero-order valence-electron chi connectivity index (χ0n) is 20.5. The summed E-state index contributed by atoms with van der Waals surface area (Å²) in [7, 11) is 0. The third-order valence-electron chi connectivity index (χ3n) is 6.00. The zero-order chi connectivity index (χ0) is 25.7. The Morgan fingerprint density at radius 3 is 2.65 bits per heavy atom. The number of benzene rings is 2. The first-order valence-corrected chi connectivity index (χ1v) is 12.6. The molecule has 0 spiro atoms. The number of ether oxygens (including phenoxy) is 2. The predicted molar refractivity (Wildman–Crippen MR) is 143 cm³/mol. The van der Waals surface area contributed by atoms with E-state index in [9.17, 15) is 4.79 Å². The molecule has 0 bridgehead atoms. The van der Waals surface area contributed by atoms with Gasteiger partial charge in [0.05, 0.1) is 29.3 Å². The first kappa shape index (κ1) is 23.3. The third kappa shape index (κ3) is 4.25. The SMILES string of the molecule is CC(C)(C)OC(=O)n1cccc1-c1ncc(-c2ccc3c(c2)O[C@@H](c2ccccc2)n2c(Br)cnc2-3)[nH]1. The Labute approximate surface area is 222 Å². The molecule has 9 heteroatoms. The molecule has 5 aromatic rings. The van der Waals surface area contributed by atoms with Crippen molar-refractivity contribution in [2.75, 3.05) is 0 Å². The molecule has 0 saturated carbocycles. The number of nitrogens with zero attached hydrogens (tertiary/aromatic N) is 4. The Balaban J connectivity index is 1.35. The zero-order valence-corrected chi connectivity index (χ0v) is 22.1. The molecule has 1 N–H and O–H groups in total. The van der Waals surface area contributed by atoms with Crippen LogP contribution in [0.2, 0.25) is 0 Å². The molecule has 37 heavy (non-hydrogen) atoms. The maximum atomic E-state index is 12.7. The first-order chi connectivity index (χ1) is 17.8. The van der Waals surface area contributed by atoms with Gasteiger partial charge in [0, 0.05) is 17.3 Å². The van der Waals surface area contributed by atoms with Crippen LogP contribution in [-0.2, 0) is 4.74 Å². The number of H-pyrrole nitrogens is 1. The average molecular weight is 558 g/mol. The van der Waals surface area contributed by atoms with Gasteiger partial charge in [-0.05, 0) is 61.0 Å². The number of aromatic nitrogens is 5. The topological polar surface area (TPSA) is 87.0 Å². The predicted octanol–water partition coefficient (Wildman–Crippen LogP) is 6.89. The molecule has 1 aliphatic rings. The minimum atomic E-state index is -0.599. The quantitative estimate of drug-likeness (QED) is 0.261. The molecule has 2 aromatic carbocycles. The maximum Gasteiger partial charge on any atom is 0.419 e. The summed E-state index contributed by atoms with van der Waals surface area (Å²) in [6.07, 6.45) is 4.39. The van der Waals surface area contributed by atoms with E-state index in [1.807, 2.05) is 79.9 Å². The van der Waals surface area contributed by atoms with Crippen molar-refractivity contribution in [3.05, 3.63) is 89.4 Å². The van der Waals surface area contributed by atoms with E-state index in [4.69, 9.17) is 9.47 Å². The molecule has 8 nitrogen and oxygen atoms in total. The molecule has 6 rings (SSSR count). The van der Waals surface area contributed by atoms with Crippen LogP contribution in [0.3, 0.4) is 0 Å². The van der Waals surface area contributed by atoms with E-state index in [1.54, 1.807) is 24.7 Å². The van der Waals surface area contributed by atoms with Gasteiger partial charge in [0.1, 0.15) is 21.8 Å². The van der Waals surface area contributed by atoms with Crippen LogP contribution in [0.4, 0.5) is 4.79 Å². The molecule has 3 aromatic heterocycles. The summed E-state index contributed by atoms with van der Waals surface area (Å²) >= 11 is 3.62. The Bertz CT molecular complexity index is 1610. The van der Waals surface area contributed by atoms with Gasteiger partial charge >= 0.3 is 6.09 Å². The smallest absolute Gasteiger partial charge is 0.419 e. The monoisotopic (exact) mass is 557 g/mol. The standard InChI is InChI=1S/C28H24BrN5O3/c1-28(2,3)37-27(35)33-13-7-10-21(33)24-30-15-20(32-24)18-11-12-19-22(14-18)36-26(17-8-5-4-6-9-17)34-23(29)16-31-25(19)34/h4-16,26H,1-3H3,(H,30,32)/t26-/m0/s1. The highest BCUT2D eigenvalue weighted by Gasteiger charge is 2.30.